The molecule has 0 bridgehead atoms. The topological polar surface area (TPSA) is 90.0 Å². The second kappa shape index (κ2) is 8.27. The van der Waals surface area contributed by atoms with Crippen LogP contribution in [0.2, 0.25) is 0 Å². The van der Waals surface area contributed by atoms with Crippen LogP contribution in [0.3, 0.4) is 0 Å². The van der Waals surface area contributed by atoms with Gasteiger partial charge in [0.1, 0.15) is 0 Å². The van der Waals surface area contributed by atoms with Gasteiger partial charge in [-0.1, -0.05) is 6.42 Å². The van der Waals surface area contributed by atoms with Crippen LogP contribution in [-0.2, 0) is 9.59 Å². The first-order chi connectivity index (χ1) is 12.3. The summed E-state index contributed by atoms with van der Waals surface area (Å²) in [7, 11) is 3.38. The van der Waals surface area contributed by atoms with Gasteiger partial charge in [-0.15, -0.1) is 12.4 Å². The standard InChI is InChI=1S/C19H25N3O4.ClH/c1-21(2)17(24)13-5-7-15(8-6-13)20-16(23)11-22-10-14-4-3-9-19(14,12-22)18(25)26;/h5-8,14H,3-4,9-12H2,1-2H3,(H,20,23)(H,25,26);1H/t14-,19+;/m0./s1. The average molecular weight is 396 g/mol. The number of nitrogens with one attached hydrogen (secondary N) is 1. The van der Waals surface area contributed by atoms with Crippen LogP contribution >= 0.6 is 12.4 Å². The molecule has 1 aromatic rings. The number of carboxylic acids is 1. The molecule has 2 fully saturated rings. The molecule has 1 aromatic carbocycles. The van der Waals surface area contributed by atoms with Gasteiger partial charge in [0.15, 0.2) is 0 Å². The molecule has 0 unspecified atom stereocenters. The summed E-state index contributed by atoms with van der Waals surface area (Å²) in [5.41, 5.74) is 0.510. The van der Waals surface area contributed by atoms with Crippen molar-refractivity contribution in [1.29, 1.82) is 0 Å². The first-order valence-corrected chi connectivity index (χ1v) is 8.89. The molecule has 0 aromatic heterocycles. The first kappa shape index (κ1) is 21.2. The van der Waals surface area contributed by atoms with E-state index in [4.69, 9.17) is 0 Å². The summed E-state index contributed by atoms with van der Waals surface area (Å²) < 4.78 is 0. The quantitative estimate of drug-likeness (QED) is 0.795. The van der Waals surface area contributed by atoms with E-state index in [9.17, 15) is 19.5 Å². The fraction of sp³-hybridized carbons (Fsp3) is 0.526. The van der Waals surface area contributed by atoms with Crippen LogP contribution in [-0.4, -0.2) is 66.4 Å². The van der Waals surface area contributed by atoms with Crippen molar-refractivity contribution in [2.45, 2.75) is 19.3 Å². The van der Waals surface area contributed by atoms with Gasteiger partial charge in [0.25, 0.3) is 5.91 Å². The normalized spacial score (nSPS) is 24.0. The molecule has 0 radical (unpaired) electrons. The number of likely N-dealkylation sites (tertiary alicyclic amines) is 1. The summed E-state index contributed by atoms with van der Waals surface area (Å²) in [6.07, 6.45) is 2.58. The Morgan fingerprint density at radius 3 is 2.48 bits per heavy atom. The zero-order valence-corrected chi connectivity index (χ0v) is 16.4. The van der Waals surface area contributed by atoms with Crippen LogP contribution < -0.4 is 5.32 Å². The van der Waals surface area contributed by atoms with Crippen LogP contribution in [0, 0.1) is 11.3 Å². The van der Waals surface area contributed by atoms with Crippen molar-refractivity contribution in [2.75, 3.05) is 39.0 Å². The highest BCUT2D eigenvalue weighted by atomic mass is 35.5. The van der Waals surface area contributed by atoms with Crippen LogP contribution in [0.25, 0.3) is 0 Å². The van der Waals surface area contributed by atoms with E-state index in [0.717, 1.165) is 12.8 Å². The maximum absolute atomic E-state index is 12.3. The SMILES string of the molecule is CN(C)C(=O)c1ccc(NC(=O)CN2C[C@@H]3CCC[C@@]3(C(=O)O)C2)cc1.Cl. The second-order valence-corrected chi connectivity index (χ2v) is 7.55. The van der Waals surface area contributed by atoms with E-state index in [1.54, 1.807) is 38.4 Å². The lowest BCUT2D eigenvalue weighted by molar-refractivity contribution is -0.149. The number of amides is 2. The van der Waals surface area contributed by atoms with E-state index in [2.05, 4.69) is 5.32 Å². The number of aliphatic carboxylic acids is 1. The summed E-state index contributed by atoms with van der Waals surface area (Å²) in [4.78, 5) is 39.3. The molecular formula is C19H26ClN3O4. The Balaban J connectivity index is 0.00000261. The summed E-state index contributed by atoms with van der Waals surface area (Å²) in [6, 6.07) is 6.76. The average Bonchev–Trinajstić information content (AvgIpc) is 3.12. The molecule has 2 aliphatic rings. The Morgan fingerprint density at radius 1 is 1.26 bits per heavy atom. The Hall–Kier alpha value is -2.12. The zero-order chi connectivity index (χ0) is 18.9. The maximum atomic E-state index is 12.3. The molecule has 2 N–H and O–H groups in total. The molecule has 2 atom stereocenters. The fourth-order valence-corrected chi connectivity index (χ4v) is 4.22. The van der Waals surface area contributed by atoms with E-state index in [1.165, 1.54) is 4.90 Å². The number of benzene rings is 1. The van der Waals surface area contributed by atoms with Crippen molar-refractivity contribution in [3.05, 3.63) is 29.8 Å². The van der Waals surface area contributed by atoms with Gasteiger partial charge in [-0.05, 0) is 43.0 Å². The molecule has 1 aliphatic carbocycles. The van der Waals surface area contributed by atoms with E-state index >= 15 is 0 Å². The van der Waals surface area contributed by atoms with Crippen molar-refractivity contribution >= 4 is 35.9 Å². The molecule has 1 saturated heterocycles. The number of nitrogens with zero attached hydrogens (tertiary/aromatic N) is 2. The molecule has 1 saturated carbocycles. The molecule has 7 nitrogen and oxygen atoms in total. The highest BCUT2D eigenvalue weighted by molar-refractivity contribution is 5.96. The number of carbonyl (C=O) groups excluding carboxylic acids is 2. The predicted octanol–water partition coefficient (Wildman–Crippen LogP) is 1.94. The summed E-state index contributed by atoms with van der Waals surface area (Å²) in [6.45, 7) is 1.29. The third-order valence-electron chi connectivity index (χ3n) is 5.56. The third-order valence-corrected chi connectivity index (χ3v) is 5.56. The number of halogens is 1. The molecule has 3 rings (SSSR count). The van der Waals surface area contributed by atoms with Gasteiger partial charge in [-0.25, -0.2) is 0 Å². The molecule has 27 heavy (non-hydrogen) atoms. The number of hydrogen-bond donors (Lipinski definition) is 2. The summed E-state index contributed by atoms with van der Waals surface area (Å²) in [5.74, 6) is -0.851. The predicted molar refractivity (Wildman–Crippen MR) is 104 cm³/mol. The van der Waals surface area contributed by atoms with E-state index < -0.39 is 11.4 Å². The van der Waals surface area contributed by atoms with Gasteiger partial charge in [-0.3, -0.25) is 19.3 Å². The number of rotatable bonds is 5. The Kier molecular flexibility index (Phi) is 6.49. The van der Waals surface area contributed by atoms with Gasteiger partial charge < -0.3 is 15.3 Å². The number of fused-ring (bicyclic) bond motifs is 1. The van der Waals surface area contributed by atoms with Crippen molar-refractivity contribution < 1.29 is 19.5 Å². The van der Waals surface area contributed by atoms with Crippen molar-refractivity contribution in [2.24, 2.45) is 11.3 Å². The van der Waals surface area contributed by atoms with Gasteiger partial charge in [-0.2, -0.15) is 0 Å². The number of hydrogen-bond acceptors (Lipinski definition) is 4. The molecule has 1 aliphatic heterocycles. The van der Waals surface area contributed by atoms with Crippen LogP contribution in [0.1, 0.15) is 29.6 Å². The van der Waals surface area contributed by atoms with E-state index in [1.807, 2.05) is 4.90 Å². The molecule has 1 heterocycles. The lowest BCUT2D eigenvalue weighted by Gasteiger charge is -2.23. The Morgan fingerprint density at radius 2 is 1.93 bits per heavy atom. The monoisotopic (exact) mass is 395 g/mol. The minimum atomic E-state index is -0.732. The van der Waals surface area contributed by atoms with Gasteiger partial charge >= 0.3 is 5.97 Å². The minimum absolute atomic E-state index is 0. The zero-order valence-electron chi connectivity index (χ0n) is 15.6. The van der Waals surface area contributed by atoms with Crippen LogP contribution in [0.4, 0.5) is 5.69 Å². The molecule has 8 heteroatoms. The lowest BCUT2D eigenvalue weighted by Crippen LogP contribution is -2.37. The molecular weight excluding hydrogens is 370 g/mol. The smallest absolute Gasteiger partial charge is 0.311 e. The largest absolute Gasteiger partial charge is 0.481 e. The van der Waals surface area contributed by atoms with E-state index in [0.29, 0.717) is 30.8 Å². The minimum Gasteiger partial charge on any atom is -0.481 e. The van der Waals surface area contributed by atoms with Gasteiger partial charge in [0, 0.05) is 38.4 Å². The first-order valence-electron chi connectivity index (χ1n) is 8.89. The van der Waals surface area contributed by atoms with Crippen molar-refractivity contribution in [3.63, 3.8) is 0 Å². The summed E-state index contributed by atoms with van der Waals surface area (Å²) in [5, 5.41) is 12.4. The number of anilines is 1. The van der Waals surface area contributed by atoms with Crippen molar-refractivity contribution in [1.82, 2.24) is 9.80 Å². The fourth-order valence-electron chi connectivity index (χ4n) is 4.22. The highest BCUT2D eigenvalue weighted by Crippen LogP contribution is 2.48. The van der Waals surface area contributed by atoms with Crippen LogP contribution in [0.15, 0.2) is 24.3 Å². The second-order valence-electron chi connectivity index (χ2n) is 7.55. The number of carbonyl (C=O) groups is 3. The molecule has 148 valence electrons. The van der Waals surface area contributed by atoms with Gasteiger partial charge in [0.2, 0.25) is 5.91 Å². The van der Waals surface area contributed by atoms with E-state index in [-0.39, 0.29) is 36.7 Å². The molecule has 2 amide bonds. The maximum Gasteiger partial charge on any atom is 0.311 e. The van der Waals surface area contributed by atoms with Gasteiger partial charge in [0.05, 0.1) is 12.0 Å². The highest BCUT2D eigenvalue weighted by Gasteiger charge is 2.54. The Labute approximate surface area is 165 Å². The summed E-state index contributed by atoms with van der Waals surface area (Å²) >= 11 is 0. The van der Waals surface area contributed by atoms with Crippen LogP contribution in [0.5, 0.6) is 0 Å². The number of carboxylic acid groups (broad SMARTS) is 1. The lowest BCUT2D eigenvalue weighted by atomic mass is 9.81. The Bertz CT molecular complexity index is 722. The van der Waals surface area contributed by atoms with Crippen molar-refractivity contribution in [3.8, 4) is 0 Å². The molecule has 0 spiro atoms. The third kappa shape index (κ3) is 4.25.